The number of carbonyl (C=O) groups is 1. The molecule has 0 fully saturated rings. The van der Waals surface area contributed by atoms with Crippen LogP contribution in [0.15, 0.2) is 71.8 Å². The fraction of sp³-hybridized carbons (Fsp3) is 0.125. The van der Waals surface area contributed by atoms with Crippen molar-refractivity contribution in [3.8, 4) is 16.9 Å². The topological polar surface area (TPSA) is 98.7 Å². The van der Waals surface area contributed by atoms with Gasteiger partial charge in [-0.2, -0.15) is 5.10 Å². The number of amides is 1. The number of aryl methyl sites for hydroxylation is 1. The SMILES string of the molecule is Cc1noc2nc(-c3ccccc3F)cc(C(=O)NC(C)c3ccc(-n4cncn4)cc3)c12. The van der Waals surface area contributed by atoms with E-state index >= 15 is 0 Å². The molecule has 1 atom stereocenters. The van der Waals surface area contributed by atoms with Crippen LogP contribution in [0.25, 0.3) is 28.0 Å². The number of carbonyl (C=O) groups excluding carboxylic acids is 1. The second-order valence-corrected chi connectivity index (χ2v) is 7.61. The second-order valence-electron chi connectivity index (χ2n) is 7.61. The minimum atomic E-state index is -0.437. The fourth-order valence-corrected chi connectivity index (χ4v) is 3.70. The standard InChI is InChI=1S/C24H19FN6O2/c1-14(16-7-9-17(10-8-16)31-13-26-12-27-31)28-23(32)19-11-21(18-5-3-4-6-20(18)25)29-24-22(19)15(2)30-33-24/h3-14H,1-2H3,(H,28,32). The lowest BCUT2D eigenvalue weighted by atomic mass is 10.0. The van der Waals surface area contributed by atoms with Crippen LogP contribution >= 0.6 is 0 Å². The molecule has 2 aromatic carbocycles. The smallest absolute Gasteiger partial charge is 0.259 e. The van der Waals surface area contributed by atoms with Gasteiger partial charge in [0, 0.05) is 5.56 Å². The summed E-state index contributed by atoms with van der Waals surface area (Å²) in [5, 5.41) is 11.6. The summed E-state index contributed by atoms with van der Waals surface area (Å²) in [6, 6.07) is 15.2. The number of pyridine rings is 1. The van der Waals surface area contributed by atoms with Crippen molar-refractivity contribution in [3.63, 3.8) is 0 Å². The number of fused-ring (bicyclic) bond motifs is 1. The van der Waals surface area contributed by atoms with Crippen molar-refractivity contribution < 1.29 is 13.7 Å². The van der Waals surface area contributed by atoms with Gasteiger partial charge < -0.3 is 9.84 Å². The zero-order valence-electron chi connectivity index (χ0n) is 17.9. The number of halogens is 1. The monoisotopic (exact) mass is 442 g/mol. The maximum absolute atomic E-state index is 14.4. The molecule has 0 saturated carbocycles. The molecule has 0 aliphatic carbocycles. The molecule has 0 aliphatic heterocycles. The summed E-state index contributed by atoms with van der Waals surface area (Å²) in [7, 11) is 0. The number of nitrogens with one attached hydrogen (secondary N) is 1. The first kappa shape index (κ1) is 20.5. The highest BCUT2D eigenvalue weighted by Crippen LogP contribution is 2.29. The molecule has 1 unspecified atom stereocenters. The Kier molecular flexibility index (Phi) is 5.14. The summed E-state index contributed by atoms with van der Waals surface area (Å²) in [5.74, 6) is -0.771. The van der Waals surface area contributed by atoms with Crippen LogP contribution in [-0.4, -0.2) is 30.8 Å². The van der Waals surface area contributed by atoms with Gasteiger partial charge in [-0.05, 0) is 49.7 Å². The molecular weight excluding hydrogens is 423 g/mol. The molecular formula is C24H19FN6O2. The Morgan fingerprint density at radius 1 is 1.15 bits per heavy atom. The fourth-order valence-electron chi connectivity index (χ4n) is 3.70. The largest absolute Gasteiger partial charge is 0.345 e. The second kappa shape index (κ2) is 8.27. The van der Waals surface area contributed by atoms with E-state index in [1.807, 2.05) is 31.2 Å². The molecule has 164 valence electrons. The third kappa shape index (κ3) is 3.84. The average molecular weight is 442 g/mol. The number of hydrogen-bond donors (Lipinski definition) is 1. The molecule has 1 amide bonds. The van der Waals surface area contributed by atoms with E-state index in [0.29, 0.717) is 22.3 Å². The van der Waals surface area contributed by atoms with E-state index in [1.54, 1.807) is 42.2 Å². The first-order chi connectivity index (χ1) is 16.0. The predicted octanol–water partition coefficient (Wildman–Crippen LogP) is 4.41. The van der Waals surface area contributed by atoms with Gasteiger partial charge in [0.15, 0.2) is 0 Å². The van der Waals surface area contributed by atoms with Crippen LogP contribution in [0.5, 0.6) is 0 Å². The molecule has 5 rings (SSSR count). The van der Waals surface area contributed by atoms with Crippen molar-refractivity contribution in [2.45, 2.75) is 19.9 Å². The molecule has 5 aromatic rings. The van der Waals surface area contributed by atoms with Crippen LogP contribution < -0.4 is 5.32 Å². The van der Waals surface area contributed by atoms with E-state index in [-0.39, 0.29) is 23.2 Å². The van der Waals surface area contributed by atoms with Gasteiger partial charge in [-0.3, -0.25) is 4.79 Å². The Labute approximate surface area is 188 Å². The minimum Gasteiger partial charge on any atom is -0.345 e. The quantitative estimate of drug-likeness (QED) is 0.433. The van der Waals surface area contributed by atoms with Crippen molar-refractivity contribution in [2.75, 3.05) is 0 Å². The molecule has 3 heterocycles. The molecule has 8 nitrogen and oxygen atoms in total. The van der Waals surface area contributed by atoms with Gasteiger partial charge in [-0.1, -0.05) is 29.4 Å². The molecule has 0 radical (unpaired) electrons. The molecule has 0 saturated heterocycles. The predicted molar refractivity (Wildman–Crippen MR) is 119 cm³/mol. The third-order valence-electron chi connectivity index (χ3n) is 5.44. The number of benzene rings is 2. The van der Waals surface area contributed by atoms with Gasteiger partial charge >= 0.3 is 0 Å². The van der Waals surface area contributed by atoms with Crippen LogP contribution in [0.4, 0.5) is 4.39 Å². The van der Waals surface area contributed by atoms with E-state index in [9.17, 15) is 9.18 Å². The van der Waals surface area contributed by atoms with Crippen molar-refractivity contribution in [2.24, 2.45) is 0 Å². The Bertz CT molecular complexity index is 1440. The molecule has 0 aliphatic rings. The van der Waals surface area contributed by atoms with Crippen LogP contribution in [0.3, 0.4) is 0 Å². The number of rotatable bonds is 5. The van der Waals surface area contributed by atoms with Gasteiger partial charge in [-0.25, -0.2) is 19.0 Å². The molecule has 33 heavy (non-hydrogen) atoms. The molecule has 9 heteroatoms. The van der Waals surface area contributed by atoms with Crippen molar-refractivity contribution >= 4 is 17.0 Å². The van der Waals surface area contributed by atoms with Crippen LogP contribution in [-0.2, 0) is 0 Å². The summed E-state index contributed by atoms with van der Waals surface area (Å²) in [5.41, 5.74) is 3.39. The van der Waals surface area contributed by atoms with Gasteiger partial charge in [-0.15, -0.1) is 0 Å². The Balaban J connectivity index is 1.46. The number of nitrogens with zero attached hydrogens (tertiary/aromatic N) is 5. The van der Waals surface area contributed by atoms with Crippen molar-refractivity contribution in [1.29, 1.82) is 0 Å². The number of aromatic nitrogens is 5. The summed E-state index contributed by atoms with van der Waals surface area (Å²) in [6.07, 6.45) is 3.08. The van der Waals surface area contributed by atoms with Crippen molar-refractivity contribution in [1.82, 2.24) is 30.2 Å². The molecule has 3 aromatic heterocycles. The lowest BCUT2D eigenvalue weighted by Crippen LogP contribution is -2.27. The summed E-state index contributed by atoms with van der Waals surface area (Å²) in [6.45, 7) is 3.62. The Hall–Kier alpha value is -4.40. The first-order valence-electron chi connectivity index (χ1n) is 10.3. The summed E-state index contributed by atoms with van der Waals surface area (Å²) < 4.78 is 21.3. The highest BCUT2D eigenvalue weighted by molar-refractivity contribution is 6.07. The van der Waals surface area contributed by atoms with Crippen LogP contribution in [0.1, 0.15) is 34.6 Å². The van der Waals surface area contributed by atoms with Crippen molar-refractivity contribution in [3.05, 3.63) is 89.9 Å². The highest BCUT2D eigenvalue weighted by Gasteiger charge is 2.21. The van der Waals surface area contributed by atoms with E-state index < -0.39 is 5.82 Å². The maximum Gasteiger partial charge on any atom is 0.259 e. The van der Waals surface area contributed by atoms with Gasteiger partial charge in [0.1, 0.15) is 18.5 Å². The zero-order valence-corrected chi connectivity index (χ0v) is 17.9. The van der Waals surface area contributed by atoms with E-state index in [1.165, 1.54) is 12.4 Å². The Morgan fingerprint density at radius 3 is 2.67 bits per heavy atom. The third-order valence-corrected chi connectivity index (χ3v) is 5.44. The van der Waals surface area contributed by atoms with E-state index in [2.05, 4.69) is 25.5 Å². The molecule has 0 bridgehead atoms. The van der Waals surface area contributed by atoms with Gasteiger partial charge in [0.05, 0.1) is 34.1 Å². The molecule has 1 N–H and O–H groups in total. The summed E-state index contributed by atoms with van der Waals surface area (Å²) in [4.78, 5) is 21.6. The highest BCUT2D eigenvalue weighted by atomic mass is 19.1. The zero-order chi connectivity index (χ0) is 22.9. The van der Waals surface area contributed by atoms with Crippen LogP contribution in [0, 0.1) is 12.7 Å². The summed E-state index contributed by atoms with van der Waals surface area (Å²) >= 11 is 0. The van der Waals surface area contributed by atoms with E-state index in [0.717, 1.165) is 11.3 Å². The molecule has 0 spiro atoms. The maximum atomic E-state index is 14.4. The first-order valence-corrected chi connectivity index (χ1v) is 10.3. The minimum absolute atomic E-state index is 0.184. The van der Waals surface area contributed by atoms with Gasteiger partial charge in [0.25, 0.3) is 11.6 Å². The number of hydrogen-bond acceptors (Lipinski definition) is 6. The van der Waals surface area contributed by atoms with E-state index in [4.69, 9.17) is 4.52 Å². The lowest BCUT2D eigenvalue weighted by Gasteiger charge is -2.16. The normalized spacial score (nSPS) is 12.1. The van der Waals surface area contributed by atoms with Gasteiger partial charge in [0.2, 0.25) is 0 Å². The average Bonchev–Trinajstić information content (AvgIpc) is 3.49. The van der Waals surface area contributed by atoms with Crippen LogP contribution in [0.2, 0.25) is 0 Å². The lowest BCUT2D eigenvalue weighted by molar-refractivity contribution is 0.0941. The Morgan fingerprint density at radius 2 is 1.94 bits per heavy atom.